The first-order chi connectivity index (χ1) is 7.17. The lowest BCUT2D eigenvalue weighted by Gasteiger charge is -2.18. The van der Waals surface area contributed by atoms with E-state index in [4.69, 9.17) is 9.68 Å². The molecule has 2 unspecified atom stereocenters. The molecule has 0 amide bonds. The number of hydrogen-bond donors (Lipinski definition) is 1. The molecular weight excluding hydrogens is 256 g/mol. The zero-order chi connectivity index (χ0) is 11.3. The lowest BCUT2D eigenvalue weighted by atomic mass is 10.1. The third kappa shape index (κ3) is 3.69. The van der Waals surface area contributed by atoms with Crippen LogP contribution in [0.4, 0.5) is 0 Å². The van der Waals surface area contributed by atoms with Crippen molar-refractivity contribution in [1.82, 2.24) is 5.32 Å². The molecule has 0 saturated heterocycles. The van der Waals surface area contributed by atoms with Crippen molar-refractivity contribution < 1.29 is 4.42 Å². The van der Waals surface area contributed by atoms with E-state index in [0.717, 1.165) is 16.9 Å². The topological polar surface area (TPSA) is 49.0 Å². The molecule has 1 aromatic heterocycles. The van der Waals surface area contributed by atoms with Crippen molar-refractivity contribution in [3.05, 3.63) is 22.6 Å². The van der Waals surface area contributed by atoms with E-state index in [2.05, 4.69) is 34.2 Å². The average molecular weight is 271 g/mol. The Hall–Kier alpha value is -0.790. The molecule has 0 aromatic carbocycles. The largest absolute Gasteiger partial charge is 0.453 e. The van der Waals surface area contributed by atoms with E-state index in [1.165, 1.54) is 0 Å². The second kappa shape index (κ2) is 5.94. The van der Waals surface area contributed by atoms with Gasteiger partial charge in [-0.2, -0.15) is 5.26 Å². The monoisotopic (exact) mass is 270 g/mol. The quantitative estimate of drug-likeness (QED) is 0.893. The lowest BCUT2D eigenvalue weighted by molar-refractivity contribution is 0.377. The van der Waals surface area contributed by atoms with Crippen molar-refractivity contribution in [2.45, 2.75) is 38.8 Å². The van der Waals surface area contributed by atoms with Crippen molar-refractivity contribution in [3.63, 3.8) is 0 Å². The first-order valence-corrected chi connectivity index (χ1v) is 5.85. The molecule has 0 aliphatic rings. The van der Waals surface area contributed by atoms with Crippen molar-refractivity contribution in [2.24, 2.45) is 0 Å². The maximum Gasteiger partial charge on any atom is 0.169 e. The van der Waals surface area contributed by atoms with Crippen molar-refractivity contribution in [2.75, 3.05) is 0 Å². The number of nitrogens with zero attached hydrogens (tertiary/aromatic N) is 1. The van der Waals surface area contributed by atoms with Crippen LogP contribution in [0.25, 0.3) is 0 Å². The van der Waals surface area contributed by atoms with Crippen molar-refractivity contribution >= 4 is 15.9 Å². The van der Waals surface area contributed by atoms with Gasteiger partial charge in [0.1, 0.15) is 5.76 Å². The summed E-state index contributed by atoms with van der Waals surface area (Å²) in [6.45, 7) is 4.10. The lowest BCUT2D eigenvalue weighted by Crippen LogP contribution is -2.30. The summed E-state index contributed by atoms with van der Waals surface area (Å²) in [5.74, 6) is 0.887. The Kier molecular flexibility index (Phi) is 4.86. The Labute approximate surface area is 98.6 Å². The third-order valence-electron chi connectivity index (χ3n) is 2.34. The fraction of sp³-hybridized carbons (Fsp3) is 0.545. The Morgan fingerprint density at radius 3 is 2.80 bits per heavy atom. The van der Waals surface area contributed by atoms with Crippen LogP contribution >= 0.6 is 15.9 Å². The van der Waals surface area contributed by atoms with E-state index >= 15 is 0 Å². The van der Waals surface area contributed by atoms with Crippen molar-refractivity contribution in [1.29, 1.82) is 5.26 Å². The Balaban J connectivity index is 2.54. The van der Waals surface area contributed by atoms with Gasteiger partial charge in [-0.25, -0.2) is 0 Å². The summed E-state index contributed by atoms with van der Waals surface area (Å²) in [5.41, 5.74) is 0. The molecule has 0 fully saturated rings. The Morgan fingerprint density at radius 2 is 2.33 bits per heavy atom. The van der Waals surface area contributed by atoms with Crippen LogP contribution in [0.15, 0.2) is 21.2 Å². The van der Waals surface area contributed by atoms with E-state index in [-0.39, 0.29) is 12.1 Å². The molecule has 3 nitrogen and oxygen atoms in total. The predicted molar refractivity (Wildman–Crippen MR) is 62.3 cm³/mol. The van der Waals surface area contributed by atoms with Crippen LogP contribution in [0.5, 0.6) is 0 Å². The second-order valence-corrected chi connectivity index (χ2v) is 4.28. The number of halogens is 1. The van der Waals surface area contributed by atoms with E-state index < -0.39 is 0 Å². The van der Waals surface area contributed by atoms with Gasteiger partial charge in [0.05, 0.1) is 18.5 Å². The van der Waals surface area contributed by atoms with Crippen LogP contribution < -0.4 is 5.32 Å². The summed E-state index contributed by atoms with van der Waals surface area (Å²) in [6.07, 6.45) is 1.47. The molecule has 0 radical (unpaired) electrons. The standard InChI is InChI=1S/C11H15BrN2O/c1-3-9(6-7-13)14-8(2)10-4-5-11(12)15-10/h4-5,8-9,14H,3,6H2,1-2H3. The minimum Gasteiger partial charge on any atom is -0.453 e. The highest BCUT2D eigenvalue weighted by Gasteiger charge is 2.14. The molecule has 2 atom stereocenters. The normalized spacial score (nSPS) is 14.5. The number of nitrogens with one attached hydrogen (secondary N) is 1. The first-order valence-electron chi connectivity index (χ1n) is 5.05. The fourth-order valence-electron chi connectivity index (χ4n) is 1.43. The maximum absolute atomic E-state index is 8.63. The molecule has 1 aromatic rings. The fourth-order valence-corrected chi connectivity index (χ4v) is 1.75. The number of nitriles is 1. The molecule has 0 aliphatic heterocycles. The van der Waals surface area contributed by atoms with Gasteiger partial charge >= 0.3 is 0 Å². The van der Waals surface area contributed by atoms with Gasteiger partial charge in [0, 0.05) is 6.04 Å². The molecule has 0 saturated carbocycles. The summed E-state index contributed by atoms with van der Waals surface area (Å²) in [4.78, 5) is 0. The molecule has 1 heterocycles. The van der Waals surface area contributed by atoms with Gasteiger partial charge in [0.15, 0.2) is 4.67 Å². The molecular formula is C11H15BrN2O. The highest BCUT2D eigenvalue weighted by atomic mass is 79.9. The van der Waals surface area contributed by atoms with Crippen LogP contribution in [-0.2, 0) is 0 Å². The summed E-state index contributed by atoms with van der Waals surface area (Å²) in [6, 6.07) is 6.35. The van der Waals surface area contributed by atoms with Gasteiger partial charge < -0.3 is 9.73 Å². The van der Waals surface area contributed by atoms with E-state index in [1.54, 1.807) is 0 Å². The van der Waals surface area contributed by atoms with Crippen LogP contribution in [-0.4, -0.2) is 6.04 Å². The molecule has 0 spiro atoms. The molecule has 82 valence electrons. The van der Waals surface area contributed by atoms with Gasteiger partial charge in [-0.3, -0.25) is 0 Å². The van der Waals surface area contributed by atoms with Crippen LogP contribution in [0.3, 0.4) is 0 Å². The zero-order valence-corrected chi connectivity index (χ0v) is 10.5. The molecule has 0 bridgehead atoms. The van der Waals surface area contributed by atoms with E-state index in [9.17, 15) is 0 Å². The Morgan fingerprint density at radius 1 is 1.60 bits per heavy atom. The minimum atomic E-state index is 0.134. The number of hydrogen-bond acceptors (Lipinski definition) is 3. The first kappa shape index (κ1) is 12.3. The molecule has 4 heteroatoms. The van der Waals surface area contributed by atoms with Gasteiger partial charge in [0.2, 0.25) is 0 Å². The van der Waals surface area contributed by atoms with Crippen LogP contribution in [0, 0.1) is 11.3 Å². The second-order valence-electron chi connectivity index (χ2n) is 3.50. The molecule has 15 heavy (non-hydrogen) atoms. The summed E-state index contributed by atoms with van der Waals surface area (Å²) >= 11 is 3.27. The highest BCUT2D eigenvalue weighted by molar-refractivity contribution is 9.10. The molecule has 1 rings (SSSR count). The van der Waals surface area contributed by atoms with Crippen LogP contribution in [0.2, 0.25) is 0 Å². The third-order valence-corrected chi connectivity index (χ3v) is 2.76. The Bertz CT molecular complexity index is 343. The van der Waals surface area contributed by atoms with Crippen LogP contribution in [0.1, 0.15) is 38.5 Å². The van der Waals surface area contributed by atoms with Gasteiger partial charge in [-0.05, 0) is 41.4 Å². The maximum atomic E-state index is 8.63. The van der Waals surface area contributed by atoms with Crippen molar-refractivity contribution in [3.8, 4) is 6.07 Å². The SMILES string of the molecule is CCC(CC#N)NC(C)c1ccc(Br)o1. The zero-order valence-electron chi connectivity index (χ0n) is 8.96. The molecule has 1 N–H and O–H groups in total. The van der Waals surface area contributed by atoms with Gasteiger partial charge in [0.25, 0.3) is 0 Å². The number of rotatable bonds is 5. The predicted octanol–water partition coefficient (Wildman–Crippen LogP) is 3.38. The highest BCUT2D eigenvalue weighted by Crippen LogP contribution is 2.20. The summed E-state index contributed by atoms with van der Waals surface area (Å²) in [7, 11) is 0. The average Bonchev–Trinajstić information content (AvgIpc) is 2.64. The molecule has 0 aliphatic carbocycles. The number of furan rings is 1. The van der Waals surface area contributed by atoms with Gasteiger partial charge in [-0.1, -0.05) is 6.92 Å². The smallest absolute Gasteiger partial charge is 0.169 e. The minimum absolute atomic E-state index is 0.134. The van der Waals surface area contributed by atoms with E-state index in [1.807, 2.05) is 19.1 Å². The van der Waals surface area contributed by atoms with E-state index in [0.29, 0.717) is 6.42 Å². The summed E-state index contributed by atoms with van der Waals surface area (Å²) < 4.78 is 6.18. The van der Waals surface area contributed by atoms with Gasteiger partial charge in [-0.15, -0.1) is 0 Å². The summed E-state index contributed by atoms with van der Waals surface area (Å²) in [5, 5.41) is 12.0.